The van der Waals surface area contributed by atoms with Crippen LogP contribution in [0.1, 0.15) is 25.7 Å². The van der Waals surface area contributed by atoms with Crippen LogP contribution in [-0.4, -0.2) is 40.6 Å². The fourth-order valence-corrected chi connectivity index (χ4v) is 2.84. The van der Waals surface area contributed by atoms with Gasteiger partial charge in [-0.1, -0.05) is 0 Å². The number of likely N-dealkylation sites (tertiary alicyclic amines) is 1. The molecular formula is C17H21FN4O. The lowest BCUT2D eigenvalue weighted by Crippen LogP contribution is -2.22. The van der Waals surface area contributed by atoms with Crippen molar-refractivity contribution in [3.05, 3.63) is 36.1 Å². The summed E-state index contributed by atoms with van der Waals surface area (Å²) in [5.41, 5.74) is 1.57. The van der Waals surface area contributed by atoms with Gasteiger partial charge in [0.15, 0.2) is 5.82 Å². The topological polar surface area (TPSA) is 61.0 Å². The maximum absolute atomic E-state index is 12.9. The number of amides is 1. The van der Waals surface area contributed by atoms with Crippen molar-refractivity contribution >= 4 is 11.7 Å². The summed E-state index contributed by atoms with van der Waals surface area (Å²) in [6.45, 7) is 3.29. The van der Waals surface area contributed by atoms with Crippen molar-refractivity contribution in [1.29, 1.82) is 0 Å². The summed E-state index contributed by atoms with van der Waals surface area (Å²) in [6, 6.07) is 7.89. The van der Waals surface area contributed by atoms with E-state index in [9.17, 15) is 9.18 Å². The van der Waals surface area contributed by atoms with E-state index in [2.05, 4.69) is 20.4 Å². The van der Waals surface area contributed by atoms with Crippen LogP contribution < -0.4 is 5.32 Å². The second-order valence-corrected chi connectivity index (χ2v) is 5.87. The third-order valence-corrected chi connectivity index (χ3v) is 4.08. The highest BCUT2D eigenvalue weighted by molar-refractivity contribution is 5.90. The molecule has 2 aromatic rings. The van der Waals surface area contributed by atoms with Crippen LogP contribution in [0, 0.1) is 5.82 Å². The van der Waals surface area contributed by atoms with E-state index in [1.54, 1.807) is 18.2 Å². The molecule has 1 fully saturated rings. The number of benzene rings is 1. The molecule has 23 heavy (non-hydrogen) atoms. The van der Waals surface area contributed by atoms with Gasteiger partial charge in [-0.2, -0.15) is 5.10 Å². The summed E-state index contributed by atoms with van der Waals surface area (Å²) in [4.78, 5) is 14.3. The number of H-pyrrole nitrogens is 1. The predicted octanol–water partition coefficient (Wildman–Crippen LogP) is 3.03. The molecule has 6 heteroatoms. The van der Waals surface area contributed by atoms with Crippen LogP contribution >= 0.6 is 0 Å². The number of anilines is 1. The van der Waals surface area contributed by atoms with Crippen LogP contribution in [-0.2, 0) is 4.79 Å². The van der Waals surface area contributed by atoms with Crippen LogP contribution in [0.3, 0.4) is 0 Å². The molecule has 0 unspecified atom stereocenters. The zero-order valence-corrected chi connectivity index (χ0v) is 13.0. The van der Waals surface area contributed by atoms with E-state index in [0.717, 1.165) is 37.3 Å². The molecule has 1 aromatic heterocycles. The Morgan fingerprint density at radius 1 is 1.26 bits per heavy atom. The molecule has 0 aliphatic carbocycles. The Bertz CT molecular complexity index is 647. The normalized spacial score (nSPS) is 15.0. The van der Waals surface area contributed by atoms with Crippen molar-refractivity contribution in [1.82, 2.24) is 15.1 Å². The molecule has 1 aromatic carbocycles. The average molecular weight is 316 g/mol. The third-order valence-electron chi connectivity index (χ3n) is 4.08. The zero-order chi connectivity index (χ0) is 16.1. The average Bonchev–Trinajstić information content (AvgIpc) is 3.20. The van der Waals surface area contributed by atoms with E-state index in [4.69, 9.17) is 0 Å². The van der Waals surface area contributed by atoms with Crippen molar-refractivity contribution < 1.29 is 9.18 Å². The summed E-state index contributed by atoms with van der Waals surface area (Å²) in [5, 5.41) is 9.73. The lowest BCUT2D eigenvalue weighted by Gasteiger charge is -2.13. The van der Waals surface area contributed by atoms with Gasteiger partial charge in [0.25, 0.3) is 0 Å². The minimum atomic E-state index is -0.278. The number of carbonyl (C=O) groups is 1. The Balaban J connectivity index is 1.48. The molecule has 0 saturated carbocycles. The SMILES string of the molecule is O=C(CCCN1CCCC1)Nc1cc(-c2ccc(F)cc2)[nH]n1. The Labute approximate surface area is 134 Å². The molecule has 1 amide bonds. The molecule has 2 heterocycles. The molecule has 1 aliphatic rings. The van der Waals surface area contributed by atoms with Crippen molar-refractivity contribution in [3.8, 4) is 11.3 Å². The third kappa shape index (κ3) is 4.39. The summed E-state index contributed by atoms with van der Waals surface area (Å²) >= 11 is 0. The fraction of sp³-hybridized carbons (Fsp3) is 0.412. The van der Waals surface area contributed by atoms with Crippen LogP contribution in [0.2, 0.25) is 0 Å². The highest BCUT2D eigenvalue weighted by Crippen LogP contribution is 2.20. The van der Waals surface area contributed by atoms with Crippen LogP contribution in [0.15, 0.2) is 30.3 Å². The first-order valence-electron chi connectivity index (χ1n) is 8.04. The minimum Gasteiger partial charge on any atom is -0.309 e. The van der Waals surface area contributed by atoms with E-state index in [0.29, 0.717) is 12.2 Å². The Morgan fingerprint density at radius 3 is 2.74 bits per heavy atom. The zero-order valence-electron chi connectivity index (χ0n) is 13.0. The maximum Gasteiger partial charge on any atom is 0.225 e. The van der Waals surface area contributed by atoms with Crippen molar-refractivity contribution in [2.45, 2.75) is 25.7 Å². The highest BCUT2D eigenvalue weighted by atomic mass is 19.1. The minimum absolute atomic E-state index is 0.0265. The summed E-state index contributed by atoms with van der Waals surface area (Å²) in [5.74, 6) is 0.191. The van der Waals surface area contributed by atoms with Gasteiger partial charge in [-0.05, 0) is 68.7 Å². The molecule has 0 radical (unpaired) electrons. The second kappa shape index (κ2) is 7.37. The quantitative estimate of drug-likeness (QED) is 0.861. The van der Waals surface area contributed by atoms with Gasteiger partial charge in [0.1, 0.15) is 5.82 Å². The van der Waals surface area contributed by atoms with Gasteiger partial charge >= 0.3 is 0 Å². The van der Waals surface area contributed by atoms with Crippen LogP contribution in [0.5, 0.6) is 0 Å². The lowest BCUT2D eigenvalue weighted by atomic mass is 10.1. The highest BCUT2D eigenvalue weighted by Gasteiger charge is 2.12. The molecule has 1 saturated heterocycles. The number of nitrogens with zero attached hydrogens (tertiary/aromatic N) is 2. The van der Waals surface area contributed by atoms with Crippen molar-refractivity contribution in [3.63, 3.8) is 0 Å². The Kier molecular flexibility index (Phi) is 5.02. The van der Waals surface area contributed by atoms with Gasteiger partial charge in [0, 0.05) is 12.5 Å². The number of halogens is 1. The van der Waals surface area contributed by atoms with E-state index >= 15 is 0 Å². The summed E-state index contributed by atoms with van der Waals surface area (Å²) in [7, 11) is 0. The molecule has 5 nitrogen and oxygen atoms in total. The number of nitrogens with one attached hydrogen (secondary N) is 2. The molecule has 0 spiro atoms. The van der Waals surface area contributed by atoms with Gasteiger partial charge in [-0.15, -0.1) is 0 Å². The van der Waals surface area contributed by atoms with Gasteiger partial charge < -0.3 is 10.2 Å². The van der Waals surface area contributed by atoms with Gasteiger partial charge in [0.2, 0.25) is 5.91 Å². The molecule has 0 bridgehead atoms. The molecule has 1 aliphatic heterocycles. The first kappa shape index (κ1) is 15.7. The van der Waals surface area contributed by atoms with E-state index in [-0.39, 0.29) is 11.7 Å². The lowest BCUT2D eigenvalue weighted by molar-refractivity contribution is -0.116. The fourth-order valence-electron chi connectivity index (χ4n) is 2.84. The van der Waals surface area contributed by atoms with E-state index in [1.165, 1.54) is 25.0 Å². The summed E-state index contributed by atoms with van der Waals surface area (Å²) < 4.78 is 12.9. The van der Waals surface area contributed by atoms with E-state index in [1.807, 2.05) is 0 Å². The van der Waals surface area contributed by atoms with Gasteiger partial charge in [-0.3, -0.25) is 9.89 Å². The van der Waals surface area contributed by atoms with Gasteiger partial charge in [0.05, 0.1) is 5.69 Å². The van der Waals surface area contributed by atoms with Crippen LogP contribution in [0.4, 0.5) is 10.2 Å². The Morgan fingerprint density at radius 2 is 2.00 bits per heavy atom. The number of hydrogen-bond donors (Lipinski definition) is 2. The second-order valence-electron chi connectivity index (χ2n) is 5.87. The molecule has 0 atom stereocenters. The molecule has 2 N–H and O–H groups in total. The Hall–Kier alpha value is -2.21. The largest absolute Gasteiger partial charge is 0.309 e. The maximum atomic E-state index is 12.9. The summed E-state index contributed by atoms with van der Waals surface area (Å²) in [6.07, 6.45) is 3.90. The smallest absolute Gasteiger partial charge is 0.225 e. The monoisotopic (exact) mass is 316 g/mol. The van der Waals surface area contributed by atoms with Gasteiger partial charge in [-0.25, -0.2) is 4.39 Å². The number of aromatic nitrogens is 2. The van der Waals surface area contributed by atoms with E-state index < -0.39 is 0 Å². The van der Waals surface area contributed by atoms with Crippen molar-refractivity contribution in [2.75, 3.05) is 25.0 Å². The number of hydrogen-bond acceptors (Lipinski definition) is 3. The predicted molar refractivity (Wildman–Crippen MR) is 87.5 cm³/mol. The first-order chi connectivity index (χ1) is 11.2. The molecule has 122 valence electrons. The number of aromatic amines is 1. The molecule has 3 rings (SSSR count). The first-order valence-corrected chi connectivity index (χ1v) is 8.04. The number of rotatable bonds is 6. The number of carbonyl (C=O) groups excluding carboxylic acids is 1. The van der Waals surface area contributed by atoms with Crippen molar-refractivity contribution in [2.24, 2.45) is 0 Å². The molecular weight excluding hydrogens is 295 g/mol. The standard InChI is InChI=1S/C17H21FN4O/c18-14-7-5-13(6-8-14)15-12-16(21-20-15)19-17(23)4-3-11-22-9-1-2-10-22/h5-8,12H,1-4,9-11H2,(H2,19,20,21,23). The van der Waals surface area contributed by atoms with Crippen LogP contribution in [0.25, 0.3) is 11.3 Å².